The van der Waals surface area contributed by atoms with Gasteiger partial charge in [-0.2, -0.15) is 0 Å². The van der Waals surface area contributed by atoms with Crippen molar-refractivity contribution in [3.05, 3.63) is 194 Å². The van der Waals surface area contributed by atoms with E-state index in [1.54, 1.807) is 0 Å². The number of para-hydroxylation sites is 3. The zero-order valence-corrected chi connectivity index (χ0v) is 30.8. The Balaban J connectivity index is 1.09. The van der Waals surface area contributed by atoms with Crippen LogP contribution in [0.4, 0.5) is 0 Å². The fourth-order valence-corrected chi connectivity index (χ4v) is 9.86. The van der Waals surface area contributed by atoms with Gasteiger partial charge in [0.2, 0.25) is 0 Å². The maximum atomic E-state index is 6.71. The summed E-state index contributed by atoms with van der Waals surface area (Å²) in [7, 11) is 0. The molecular weight excluding hydrogens is 693 g/mol. The second-order valence-corrected chi connectivity index (χ2v) is 15.2. The molecule has 3 nitrogen and oxygen atoms in total. The number of benzene rings is 10. The maximum absolute atomic E-state index is 6.71. The highest BCUT2D eigenvalue weighted by Crippen LogP contribution is 2.46. The van der Waals surface area contributed by atoms with E-state index in [-0.39, 0.29) is 0 Å². The molecule has 57 heavy (non-hydrogen) atoms. The van der Waals surface area contributed by atoms with Crippen LogP contribution in [-0.4, -0.2) is 9.13 Å². The van der Waals surface area contributed by atoms with Crippen LogP contribution in [0.1, 0.15) is 0 Å². The molecule has 0 fully saturated rings. The topological polar surface area (TPSA) is 23.0 Å². The molecule has 0 radical (unpaired) electrons. The van der Waals surface area contributed by atoms with Crippen LogP contribution < -0.4 is 0 Å². The Morgan fingerprint density at radius 2 is 0.860 bits per heavy atom. The van der Waals surface area contributed by atoms with Crippen molar-refractivity contribution in [2.24, 2.45) is 0 Å². The minimum atomic E-state index is 0.908. The number of fused-ring (bicyclic) bond motifs is 17. The van der Waals surface area contributed by atoms with Crippen molar-refractivity contribution in [1.82, 2.24) is 9.13 Å². The predicted molar refractivity (Wildman–Crippen MR) is 240 cm³/mol. The average molecular weight is 725 g/mol. The summed E-state index contributed by atoms with van der Waals surface area (Å²) < 4.78 is 11.6. The fraction of sp³-hybridized carbons (Fsp3) is 0. The van der Waals surface area contributed by atoms with Crippen molar-refractivity contribution in [3.8, 4) is 22.5 Å². The number of hydrogen-bond acceptors (Lipinski definition) is 1. The normalized spacial score (nSPS) is 12.2. The Kier molecular flexibility index (Phi) is 6.16. The van der Waals surface area contributed by atoms with E-state index in [0.29, 0.717) is 0 Å². The summed E-state index contributed by atoms with van der Waals surface area (Å²) >= 11 is 0. The van der Waals surface area contributed by atoms with Crippen LogP contribution in [0, 0.1) is 0 Å². The van der Waals surface area contributed by atoms with Crippen LogP contribution in [0.3, 0.4) is 0 Å². The zero-order valence-electron chi connectivity index (χ0n) is 30.8. The molecule has 10 aromatic carbocycles. The summed E-state index contributed by atoms with van der Waals surface area (Å²) in [5.41, 5.74) is 11.1. The van der Waals surface area contributed by atoms with Crippen molar-refractivity contribution >= 4 is 97.9 Å². The minimum Gasteiger partial charge on any atom is -0.455 e. The van der Waals surface area contributed by atoms with Crippen LogP contribution in [0.5, 0.6) is 0 Å². The largest absolute Gasteiger partial charge is 0.455 e. The number of hydrogen-bond donors (Lipinski definition) is 0. The van der Waals surface area contributed by atoms with Crippen LogP contribution in [0.2, 0.25) is 0 Å². The molecule has 0 aliphatic carbocycles. The highest BCUT2D eigenvalue weighted by molar-refractivity contribution is 6.31. The Bertz CT molecular complexity index is 3770. The molecule has 0 saturated carbocycles. The molecule has 3 heteroatoms. The third-order valence-corrected chi connectivity index (χ3v) is 12.3. The molecule has 3 heterocycles. The lowest BCUT2D eigenvalue weighted by Crippen LogP contribution is -1.95. The average Bonchev–Trinajstić information content (AvgIpc) is 3.94. The first-order valence-electron chi connectivity index (χ1n) is 19.6. The SMILES string of the molecule is c1ccc(-n2c3ccc4c5ccccc5oc4c3c3ccc4c(c5ccccc5n4-c4cccc(-c5ccc6c7ccccc7c7ccccc7c6c5)c4)c32)cc1. The number of rotatable bonds is 3. The third-order valence-electron chi connectivity index (χ3n) is 12.3. The lowest BCUT2D eigenvalue weighted by molar-refractivity contribution is 0.673. The standard InChI is InChI=1S/C54H32N2O/c1-2-14-35(15-3-1)56-49-29-27-43-42-21-9-11-24-50(42)57-54(43)52(49)45-28-30-48-51(53(45)56)44-22-8-10-23-47(44)55(48)36-16-12-13-33(31-36)34-25-26-41-39-19-5-4-17-37(39)38-18-6-7-20-40(38)46(41)32-34/h1-32H. The van der Waals surface area contributed by atoms with Crippen molar-refractivity contribution < 1.29 is 4.42 Å². The van der Waals surface area contributed by atoms with E-state index >= 15 is 0 Å². The Labute approximate surface area is 326 Å². The molecule has 0 saturated heterocycles. The van der Waals surface area contributed by atoms with Crippen LogP contribution in [0.15, 0.2) is 199 Å². The summed E-state index contributed by atoms with van der Waals surface area (Å²) in [4.78, 5) is 0. The molecule has 13 rings (SSSR count). The van der Waals surface area contributed by atoms with Gasteiger partial charge in [0.15, 0.2) is 0 Å². The van der Waals surface area contributed by atoms with Gasteiger partial charge in [0.25, 0.3) is 0 Å². The van der Waals surface area contributed by atoms with Crippen molar-refractivity contribution in [3.63, 3.8) is 0 Å². The van der Waals surface area contributed by atoms with Gasteiger partial charge in [-0.1, -0.05) is 127 Å². The third kappa shape index (κ3) is 4.20. The number of furan rings is 1. The van der Waals surface area contributed by atoms with Crippen LogP contribution in [0.25, 0.3) is 120 Å². The molecule has 13 aromatic rings. The molecule has 3 aromatic heterocycles. The molecule has 0 unspecified atom stereocenters. The Morgan fingerprint density at radius 3 is 1.63 bits per heavy atom. The summed E-state index contributed by atoms with van der Waals surface area (Å²) in [5.74, 6) is 0. The van der Waals surface area contributed by atoms with Crippen LogP contribution in [-0.2, 0) is 0 Å². The molecule has 0 atom stereocenters. The van der Waals surface area contributed by atoms with Gasteiger partial charge in [0, 0.05) is 38.3 Å². The van der Waals surface area contributed by atoms with E-state index < -0.39 is 0 Å². The van der Waals surface area contributed by atoms with Gasteiger partial charge in [-0.3, -0.25) is 0 Å². The van der Waals surface area contributed by atoms with Gasteiger partial charge in [-0.05, 0) is 110 Å². The number of aromatic nitrogens is 2. The van der Waals surface area contributed by atoms with E-state index in [1.165, 1.54) is 70.6 Å². The van der Waals surface area contributed by atoms with Gasteiger partial charge in [-0.25, -0.2) is 0 Å². The molecule has 264 valence electrons. The van der Waals surface area contributed by atoms with Crippen LogP contribution >= 0.6 is 0 Å². The predicted octanol–water partition coefficient (Wildman–Crippen LogP) is 14.9. The lowest BCUT2D eigenvalue weighted by Gasteiger charge is -2.13. The first-order valence-corrected chi connectivity index (χ1v) is 19.6. The van der Waals surface area contributed by atoms with Crippen molar-refractivity contribution in [2.75, 3.05) is 0 Å². The summed E-state index contributed by atoms with van der Waals surface area (Å²) in [6.45, 7) is 0. The van der Waals surface area contributed by atoms with Gasteiger partial charge in [0.05, 0.1) is 27.5 Å². The van der Waals surface area contributed by atoms with Gasteiger partial charge in [-0.15, -0.1) is 0 Å². The van der Waals surface area contributed by atoms with Crippen molar-refractivity contribution in [1.29, 1.82) is 0 Å². The lowest BCUT2D eigenvalue weighted by atomic mass is 9.92. The van der Waals surface area contributed by atoms with E-state index in [1.807, 2.05) is 6.07 Å². The molecular formula is C54H32N2O. The highest BCUT2D eigenvalue weighted by Gasteiger charge is 2.24. The monoisotopic (exact) mass is 724 g/mol. The molecule has 0 bridgehead atoms. The molecule has 0 spiro atoms. The van der Waals surface area contributed by atoms with Crippen molar-refractivity contribution in [2.45, 2.75) is 0 Å². The summed E-state index contributed by atoms with van der Waals surface area (Å²) in [5, 5.41) is 14.7. The van der Waals surface area contributed by atoms with Gasteiger partial charge < -0.3 is 13.6 Å². The quantitative estimate of drug-likeness (QED) is 0.166. The summed E-state index contributed by atoms with van der Waals surface area (Å²) in [6, 6.07) is 70.7. The van der Waals surface area contributed by atoms with Gasteiger partial charge in [0.1, 0.15) is 11.2 Å². The number of nitrogens with zero attached hydrogens (tertiary/aromatic N) is 2. The first-order chi connectivity index (χ1) is 28.3. The smallest absolute Gasteiger partial charge is 0.145 e. The Morgan fingerprint density at radius 1 is 0.298 bits per heavy atom. The maximum Gasteiger partial charge on any atom is 0.145 e. The highest BCUT2D eigenvalue weighted by atomic mass is 16.3. The van der Waals surface area contributed by atoms with E-state index in [2.05, 4.69) is 197 Å². The second-order valence-electron chi connectivity index (χ2n) is 15.2. The van der Waals surface area contributed by atoms with E-state index in [9.17, 15) is 0 Å². The fourth-order valence-electron chi connectivity index (χ4n) is 9.86. The molecule has 0 amide bonds. The molecule has 0 aliphatic rings. The zero-order chi connectivity index (χ0) is 37.2. The Hall–Kier alpha value is -7.62. The summed E-state index contributed by atoms with van der Waals surface area (Å²) in [6.07, 6.45) is 0. The van der Waals surface area contributed by atoms with E-state index in [4.69, 9.17) is 4.42 Å². The molecule has 0 N–H and O–H groups in total. The molecule has 0 aliphatic heterocycles. The second kappa shape index (κ2) is 11.5. The first kappa shape index (κ1) is 30.7. The van der Waals surface area contributed by atoms with Gasteiger partial charge >= 0.3 is 0 Å². The van der Waals surface area contributed by atoms with E-state index in [0.717, 1.165) is 49.7 Å². The minimum absolute atomic E-state index is 0.908.